The molecule has 2 atom stereocenters. The summed E-state index contributed by atoms with van der Waals surface area (Å²) in [6, 6.07) is 8.49. The van der Waals surface area contributed by atoms with Crippen LogP contribution in [0.4, 0.5) is 0 Å². The molecule has 2 aliphatic rings. The number of benzene rings is 1. The fraction of sp³-hybridized carbons (Fsp3) is 0.600. The number of hydrogen-bond donors (Lipinski definition) is 1. The van der Waals surface area contributed by atoms with E-state index in [1.165, 1.54) is 11.1 Å². The Morgan fingerprint density at radius 1 is 1.24 bits per heavy atom. The Labute approximate surface area is 149 Å². The van der Waals surface area contributed by atoms with Crippen molar-refractivity contribution in [1.29, 1.82) is 0 Å². The van der Waals surface area contributed by atoms with Crippen molar-refractivity contribution in [1.82, 2.24) is 10.2 Å². The molecule has 0 radical (unpaired) electrons. The maximum atomic E-state index is 12.5. The van der Waals surface area contributed by atoms with Gasteiger partial charge in [-0.2, -0.15) is 0 Å². The first kappa shape index (κ1) is 17.9. The number of esters is 1. The van der Waals surface area contributed by atoms with Crippen LogP contribution in [0.3, 0.4) is 0 Å². The van der Waals surface area contributed by atoms with Crippen LogP contribution in [-0.2, 0) is 20.7 Å². The molecule has 5 heteroatoms. The summed E-state index contributed by atoms with van der Waals surface area (Å²) in [5, 5.41) is 3.19. The number of nitrogens with one attached hydrogen (secondary N) is 1. The molecule has 25 heavy (non-hydrogen) atoms. The lowest BCUT2D eigenvalue weighted by Crippen LogP contribution is -2.45. The van der Waals surface area contributed by atoms with Crippen LogP contribution >= 0.6 is 0 Å². The summed E-state index contributed by atoms with van der Waals surface area (Å²) in [5.41, 5.74) is 2.60. The molecule has 5 nitrogen and oxygen atoms in total. The van der Waals surface area contributed by atoms with Gasteiger partial charge in [-0.25, -0.2) is 0 Å². The Bertz CT molecular complexity index is 617. The standard InChI is InChI=1S/C20H28N2O3/c1-2-25-20(24)16-9-6-12-22(13-16)14-19(23)21-18-11-5-8-15-7-3-4-10-17(15)18/h3-4,7,10,16,18H,2,5-6,8-9,11-14H2,1H3,(H,21,23)/t16-,18+/m0/s1. The number of piperidine rings is 1. The molecular formula is C20H28N2O3. The predicted octanol–water partition coefficient (Wildman–Crippen LogP) is 2.46. The largest absolute Gasteiger partial charge is 0.466 e. The molecule has 1 saturated heterocycles. The van der Waals surface area contributed by atoms with Crippen molar-refractivity contribution < 1.29 is 14.3 Å². The van der Waals surface area contributed by atoms with E-state index in [0.717, 1.165) is 38.6 Å². The van der Waals surface area contributed by atoms with Gasteiger partial charge in [0.1, 0.15) is 0 Å². The van der Waals surface area contributed by atoms with Crippen molar-refractivity contribution >= 4 is 11.9 Å². The minimum absolute atomic E-state index is 0.0474. The lowest BCUT2D eigenvalue weighted by atomic mass is 9.88. The molecule has 0 bridgehead atoms. The molecule has 0 aromatic heterocycles. The lowest BCUT2D eigenvalue weighted by molar-refractivity contribution is -0.150. The highest BCUT2D eigenvalue weighted by Gasteiger charge is 2.28. The smallest absolute Gasteiger partial charge is 0.310 e. The van der Waals surface area contributed by atoms with Gasteiger partial charge in [0, 0.05) is 6.54 Å². The van der Waals surface area contributed by atoms with E-state index < -0.39 is 0 Å². The third-order valence-corrected chi connectivity index (χ3v) is 5.20. The molecule has 0 unspecified atom stereocenters. The topological polar surface area (TPSA) is 58.6 Å². The summed E-state index contributed by atoms with van der Waals surface area (Å²) in [6.07, 6.45) is 4.98. The van der Waals surface area contributed by atoms with Gasteiger partial charge in [-0.1, -0.05) is 24.3 Å². The number of rotatable bonds is 5. The van der Waals surface area contributed by atoms with E-state index in [2.05, 4.69) is 28.4 Å². The minimum atomic E-state index is -0.131. The van der Waals surface area contributed by atoms with Gasteiger partial charge in [0.2, 0.25) is 5.91 Å². The molecule has 0 saturated carbocycles. The predicted molar refractivity (Wildman–Crippen MR) is 96.1 cm³/mol. The molecule has 1 fully saturated rings. The van der Waals surface area contributed by atoms with Crippen molar-refractivity contribution in [3.05, 3.63) is 35.4 Å². The maximum Gasteiger partial charge on any atom is 0.310 e. The SMILES string of the molecule is CCOC(=O)[C@H]1CCCN(CC(=O)N[C@@H]2CCCc3ccccc32)C1. The molecule has 1 aliphatic carbocycles. The fourth-order valence-electron chi connectivity index (χ4n) is 4.00. The van der Waals surface area contributed by atoms with Gasteiger partial charge in [-0.05, 0) is 56.7 Å². The van der Waals surface area contributed by atoms with Crippen LogP contribution in [0.25, 0.3) is 0 Å². The van der Waals surface area contributed by atoms with Crippen LogP contribution < -0.4 is 5.32 Å². The third kappa shape index (κ3) is 4.60. The molecule has 1 aliphatic heterocycles. The van der Waals surface area contributed by atoms with Crippen molar-refractivity contribution in [2.75, 3.05) is 26.2 Å². The van der Waals surface area contributed by atoms with E-state index in [4.69, 9.17) is 4.74 Å². The van der Waals surface area contributed by atoms with Crippen molar-refractivity contribution in [2.24, 2.45) is 5.92 Å². The van der Waals surface area contributed by atoms with Gasteiger partial charge >= 0.3 is 5.97 Å². The zero-order chi connectivity index (χ0) is 17.6. The number of likely N-dealkylation sites (tertiary alicyclic amines) is 1. The second-order valence-corrected chi connectivity index (χ2v) is 7.04. The van der Waals surface area contributed by atoms with Crippen molar-refractivity contribution in [3.8, 4) is 0 Å². The number of carbonyl (C=O) groups is 2. The number of fused-ring (bicyclic) bond motifs is 1. The summed E-state index contributed by atoms with van der Waals surface area (Å²) >= 11 is 0. The van der Waals surface area contributed by atoms with Gasteiger partial charge < -0.3 is 10.1 Å². The third-order valence-electron chi connectivity index (χ3n) is 5.20. The Kier molecular flexibility index (Phi) is 6.08. The van der Waals surface area contributed by atoms with E-state index in [0.29, 0.717) is 19.7 Å². The molecule has 1 N–H and O–H groups in total. The first-order chi connectivity index (χ1) is 12.2. The highest BCUT2D eigenvalue weighted by atomic mass is 16.5. The van der Waals surface area contributed by atoms with Gasteiger partial charge in [0.15, 0.2) is 0 Å². The summed E-state index contributed by atoms with van der Waals surface area (Å²) in [5.74, 6) is -0.183. The van der Waals surface area contributed by atoms with Crippen molar-refractivity contribution in [2.45, 2.75) is 45.1 Å². The molecule has 1 amide bonds. The average Bonchev–Trinajstić information content (AvgIpc) is 2.62. The number of nitrogens with zero attached hydrogens (tertiary/aromatic N) is 1. The van der Waals surface area contributed by atoms with Crippen LogP contribution in [0.15, 0.2) is 24.3 Å². The number of ether oxygens (including phenoxy) is 1. The van der Waals surface area contributed by atoms with Crippen LogP contribution in [-0.4, -0.2) is 43.0 Å². The summed E-state index contributed by atoms with van der Waals surface area (Å²) in [7, 11) is 0. The number of amides is 1. The second kappa shape index (κ2) is 8.48. The van der Waals surface area contributed by atoms with Crippen molar-refractivity contribution in [3.63, 3.8) is 0 Å². The first-order valence-electron chi connectivity index (χ1n) is 9.43. The average molecular weight is 344 g/mol. The summed E-state index contributed by atoms with van der Waals surface area (Å²) in [4.78, 5) is 26.5. The minimum Gasteiger partial charge on any atom is -0.466 e. The summed E-state index contributed by atoms with van der Waals surface area (Å²) < 4.78 is 5.13. The Balaban J connectivity index is 1.54. The first-order valence-corrected chi connectivity index (χ1v) is 9.43. The van der Waals surface area contributed by atoms with E-state index >= 15 is 0 Å². The molecule has 3 rings (SSSR count). The van der Waals surface area contributed by atoms with Gasteiger partial charge in [-0.15, -0.1) is 0 Å². The van der Waals surface area contributed by atoms with Crippen LogP contribution in [0.5, 0.6) is 0 Å². The number of aryl methyl sites for hydroxylation is 1. The molecule has 1 aromatic carbocycles. The maximum absolute atomic E-state index is 12.5. The molecular weight excluding hydrogens is 316 g/mol. The van der Waals surface area contributed by atoms with E-state index in [-0.39, 0.29) is 23.8 Å². The van der Waals surface area contributed by atoms with Crippen LogP contribution in [0, 0.1) is 5.92 Å². The Morgan fingerprint density at radius 3 is 2.92 bits per heavy atom. The van der Waals surface area contributed by atoms with Gasteiger partial charge in [-0.3, -0.25) is 14.5 Å². The van der Waals surface area contributed by atoms with E-state index in [1.54, 1.807) is 0 Å². The molecule has 1 aromatic rings. The molecule has 136 valence electrons. The Hall–Kier alpha value is -1.88. The van der Waals surface area contributed by atoms with E-state index in [1.807, 2.05) is 13.0 Å². The van der Waals surface area contributed by atoms with Gasteiger partial charge in [0.25, 0.3) is 0 Å². The zero-order valence-electron chi connectivity index (χ0n) is 15.0. The highest BCUT2D eigenvalue weighted by molar-refractivity contribution is 5.79. The quantitative estimate of drug-likeness (QED) is 0.834. The lowest BCUT2D eigenvalue weighted by Gasteiger charge is -2.32. The Morgan fingerprint density at radius 2 is 2.08 bits per heavy atom. The summed E-state index contributed by atoms with van der Waals surface area (Å²) in [6.45, 7) is 4.08. The number of hydrogen-bond acceptors (Lipinski definition) is 4. The second-order valence-electron chi connectivity index (χ2n) is 7.04. The zero-order valence-corrected chi connectivity index (χ0v) is 15.0. The highest BCUT2D eigenvalue weighted by Crippen LogP contribution is 2.29. The molecule has 0 spiro atoms. The monoisotopic (exact) mass is 344 g/mol. The fourth-order valence-corrected chi connectivity index (χ4v) is 4.00. The normalized spacial score (nSPS) is 23.6. The number of carbonyl (C=O) groups excluding carboxylic acids is 2. The van der Waals surface area contributed by atoms with Crippen LogP contribution in [0.1, 0.15) is 49.8 Å². The van der Waals surface area contributed by atoms with Crippen LogP contribution in [0.2, 0.25) is 0 Å². The van der Waals surface area contributed by atoms with Gasteiger partial charge in [0.05, 0.1) is 25.1 Å². The van der Waals surface area contributed by atoms with E-state index in [9.17, 15) is 9.59 Å². The molecule has 1 heterocycles.